The lowest BCUT2D eigenvalue weighted by Gasteiger charge is -2.05. The molecule has 0 bridgehead atoms. The summed E-state index contributed by atoms with van der Waals surface area (Å²) in [5, 5.41) is 45.3. The van der Waals surface area contributed by atoms with E-state index in [0.717, 1.165) is 38.5 Å². The summed E-state index contributed by atoms with van der Waals surface area (Å²) in [6, 6.07) is 3.24. The zero-order valence-electron chi connectivity index (χ0n) is 15.3. The molecule has 0 saturated carbocycles. The van der Waals surface area contributed by atoms with Crippen LogP contribution in [0, 0.1) is 0 Å². The molecule has 9 heteroatoms. The van der Waals surface area contributed by atoms with Gasteiger partial charge >= 0.3 is 11.9 Å². The summed E-state index contributed by atoms with van der Waals surface area (Å²) in [6.45, 7) is -0.154. The summed E-state index contributed by atoms with van der Waals surface area (Å²) in [5.74, 6) is -1.53. The fourth-order valence-corrected chi connectivity index (χ4v) is 2.19. The standard InChI is InChI=1S/C11H22O4.C7H7NO4/c12-9-10(13)7-5-3-1-2-4-6-8-11(14)15;9-7(10)6(8-11)4-5-2-1-3-12-5/h10,12-13H,1-9H2,(H,14,15);1-3,11H,4H2,(H,9,10). The van der Waals surface area contributed by atoms with Crippen molar-refractivity contribution in [3.05, 3.63) is 24.2 Å². The Balaban J connectivity index is 0.000000511. The van der Waals surface area contributed by atoms with Crippen molar-refractivity contribution >= 4 is 17.7 Å². The Hall–Kier alpha value is -2.39. The Labute approximate surface area is 157 Å². The zero-order valence-corrected chi connectivity index (χ0v) is 15.3. The molecule has 0 saturated heterocycles. The summed E-state index contributed by atoms with van der Waals surface area (Å²) in [7, 11) is 0. The van der Waals surface area contributed by atoms with Crippen molar-refractivity contribution in [1.82, 2.24) is 0 Å². The van der Waals surface area contributed by atoms with Crippen molar-refractivity contribution in [2.24, 2.45) is 5.16 Å². The Kier molecular flexibility index (Phi) is 14.4. The summed E-state index contributed by atoms with van der Waals surface area (Å²) in [6.07, 6.45) is 7.60. The molecule has 0 aliphatic carbocycles. The number of aliphatic hydroxyl groups is 2. The first-order valence-corrected chi connectivity index (χ1v) is 8.88. The molecule has 1 aromatic rings. The lowest BCUT2D eigenvalue weighted by atomic mass is 10.1. The van der Waals surface area contributed by atoms with E-state index in [1.165, 1.54) is 6.26 Å². The zero-order chi connectivity index (χ0) is 20.5. The SMILES string of the molecule is O=C(O)C(Cc1ccco1)=NO.O=C(O)CCCCCCCCC(O)CO. The van der Waals surface area contributed by atoms with Gasteiger partial charge < -0.3 is 30.1 Å². The summed E-state index contributed by atoms with van der Waals surface area (Å²) < 4.78 is 4.86. The van der Waals surface area contributed by atoms with Crippen molar-refractivity contribution < 1.29 is 39.6 Å². The number of furan rings is 1. The van der Waals surface area contributed by atoms with E-state index in [2.05, 4.69) is 5.16 Å². The second kappa shape index (κ2) is 15.8. The minimum Gasteiger partial charge on any atom is -0.481 e. The second-order valence-corrected chi connectivity index (χ2v) is 6.00. The van der Waals surface area contributed by atoms with E-state index in [0.29, 0.717) is 12.2 Å². The van der Waals surface area contributed by atoms with E-state index in [9.17, 15) is 9.59 Å². The van der Waals surface area contributed by atoms with Crippen LogP contribution in [-0.4, -0.2) is 56.0 Å². The van der Waals surface area contributed by atoms with Gasteiger partial charge in [-0.25, -0.2) is 4.79 Å². The molecule has 0 aliphatic heterocycles. The third kappa shape index (κ3) is 14.5. The molecule has 0 aromatic carbocycles. The monoisotopic (exact) mass is 387 g/mol. The number of nitrogens with zero attached hydrogens (tertiary/aromatic N) is 1. The fraction of sp³-hybridized carbons (Fsp3) is 0.611. The van der Waals surface area contributed by atoms with Crippen LogP contribution in [-0.2, 0) is 16.0 Å². The van der Waals surface area contributed by atoms with Crippen LogP contribution < -0.4 is 0 Å². The van der Waals surface area contributed by atoms with Gasteiger partial charge in [0.1, 0.15) is 5.76 Å². The molecule has 0 spiro atoms. The molecule has 9 nitrogen and oxygen atoms in total. The van der Waals surface area contributed by atoms with Gasteiger partial charge in [-0.15, -0.1) is 0 Å². The first kappa shape index (κ1) is 24.6. The van der Waals surface area contributed by atoms with Crippen LogP contribution in [0.3, 0.4) is 0 Å². The lowest BCUT2D eigenvalue weighted by Crippen LogP contribution is -2.15. The summed E-state index contributed by atoms with van der Waals surface area (Å²) >= 11 is 0. The molecule has 0 amide bonds. The highest BCUT2D eigenvalue weighted by Crippen LogP contribution is 2.09. The third-order valence-corrected chi connectivity index (χ3v) is 3.68. The summed E-state index contributed by atoms with van der Waals surface area (Å²) in [5.41, 5.74) is -0.343. The molecule has 0 radical (unpaired) electrons. The van der Waals surface area contributed by atoms with E-state index < -0.39 is 18.0 Å². The van der Waals surface area contributed by atoms with Crippen molar-refractivity contribution in [3.63, 3.8) is 0 Å². The minimum absolute atomic E-state index is 0.0150. The van der Waals surface area contributed by atoms with Gasteiger partial charge in [0.15, 0.2) is 5.71 Å². The first-order chi connectivity index (χ1) is 12.9. The maximum atomic E-state index is 10.3. The summed E-state index contributed by atoms with van der Waals surface area (Å²) in [4.78, 5) is 20.5. The highest BCUT2D eigenvalue weighted by Gasteiger charge is 2.12. The van der Waals surface area contributed by atoms with Gasteiger partial charge in [0.05, 0.1) is 25.4 Å². The molecule has 0 aliphatic rings. The van der Waals surface area contributed by atoms with Crippen LogP contribution in [0.1, 0.15) is 57.1 Å². The maximum absolute atomic E-state index is 10.3. The van der Waals surface area contributed by atoms with Gasteiger partial charge in [0.25, 0.3) is 0 Å². The number of aliphatic carboxylic acids is 2. The first-order valence-electron chi connectivity index (χ1n) is 8.88. The molecule has 1 unspecified atom stereocenters. The topological polar surface area (TPSA) is 161 Å². The number of unbranched alkanes of at least 4 members (excludes halogenated alkanes) is 5. The van der Waals surface area contributed by atoms with E-state index in [1.54, 1.807) is 12.1 Å². The van der Waals surface area contributed by atoms with Crippen LogP contribution >= 0.6 is 0 Å². The highest BCUT2D eigenvalue weighted by molar-refractivity contribution is 6.35. The second-order valence-electron chi connectivity index (χ2n) is 6.00. The average molecular weight is 387 g/mol. The number of rotatable bonds is 13. The molecule has 27 heavy (non-hydrogen) atoms. The van der Waals surface area contributed by atoms with Crippen molar-refractivity contribution in [2.45, 2.75) is 63.9 Å². The quantitative estimate of drug-likeness (QED) is 0.149. The molecule has 154 valence electrons. The Morgan fingerprint density at radius 3 is 2.19 bits per heavy atom. The van der Waals surface area contributed by atoms with Gasteiger partial charge in [-0.1, -0.05) is 37.3 Å². The number of carboxylic acids is 2. The van der Waals surface area contributed by atoms with Crippen LogP contribution in [0.2, 0.25) is 0 Å². The van der Waals surface area contributed by atoms with Gasteiger partial charge in [-0.3, -0.25) is 4.79 Å². The molecule has 1 rings (SSSR count). The Morgan fingerprint density at radius 1 is 1.07 bits per heavy atom. The van der Waals surface area contributed by atoms with Gasteiger partial charge in [-0.05, 0) is 25.0 Å². The number of hydrogen-bond donors (Lipinski definition) is 5. The molecule has 1 aromatic heterocycles. The molecular formula is C18H29NO8. The van der Waals surface area contributed by atoms with E-state index in [4.69, 9.17) is 30.1 Å². The van der Waals surface area contributed by atoms with Crippen molar-refractivity contribution in [3.8, 4) is 0 Å². The van der Waals surface area contributed by atoms with E-state index >= 15 is 0 Å². The normalized spacial score (nSPS) is 12.1. The predicted octanol–water partition coefficient (Wildman–Crippen LogP) is 2.28. The fourth-order valence-electron chi connectivity index (χ4n) is 2.19. The van der Waals surface area contributed by atoms with Gasteiger partial charge in [0.2, 0.25) is 0 Å². The number of carbonyl (C=O) groups is 2. The smallest absolute Gasteiger partial charge is 0.354 e. The predicted molar refractivity (Wildman–Crippen MR) is 96.9 cm³/mol. The highest BCUT2D eigenvalue weighted by atomic mass is 16.4. The van der Waals surface area contributed by atoms with Crippen LogP contribution in [0.25, 0.3) is 0 Å². The molecule has 5 N–H and O–H groups in total. The van der Waals surface area contributed by atoms with Gasteiger partial charge in [0, 0.05) is 6.42 Å². The van der Waals surface area contributed by atoms with Crippen molar-refractivity contribution in [2.75, 3.05) is 6.61 Å². The third-order valence-electron chi connectivity index (χ3n) is 3.68. The van der Waals surface area contributed by atoms with Crippen LogP contribution in [0.4, 0.5) is 0 Å². The maximum Gasteiger partial charge on any atom is 0.354 e. The Morgan fingerprint density at radius 2 is 1.70 bits per heavy atom. The minimum atomic E-state index is -1.26. The number of hydrogen-bond acceptors (Lipinski definition) is 7. The largest absolute Gasteiger partial charge is 0.481 e. The van der Waals surface area contributed by atoms with E-state index in [-0.39, 0.29) is 25.2 Å². The molecule has 0 fully saturated rings. The van der Waals surface area contributed by atoms with Gasteiger partial charge in [-0.2, -0.15) is 0 Å². The Bertz CT molecular complexity index is 542. The molecular weight excluding hydrogens is 358 g/mol. The van der Waals surface area contributed by atoms with E-state index in [1.807, 2.05) is 0 Å². The lowest BCUT2D eigenvalue weighted by molar-refractivity contribution is -0.137. The number of oxime groups is 1. The van der Waals surface area contributed by atoms with Crippen LogP contribution in [0.5, 0.6) is 0 Å². The van der Waals surface area contributed by atoms with Crippen LogP contribution in [0.15, 0.2) is 28.0 Å². The average Bonchev–Trinajstić information content (AvgIpc) is 3.14. The van der Waals surface area contributed by atoms with Crippen molar-refractivity contribution in [1.29, 1.82) is 0 Å². The number of aliphatic hydroxyl groups excluding tert-OH is 2. The number of carboxylic acid groups (broad SMARTS) is 2. The molecule has 1 atom stereocenters. The molecule has 1 heterocycles.